The molecule has 12 nitrogen and oxygen atoms in total. The van der Waals surface area contributed by atoms with Gasteiger partial charge in [-0.3, -0.25) is 0 Å². The van der Waals surface area contributed by atoms with E-state index in [0.29, 0.717) is 74.7 Å². The SMILES string of the molecule is C=CC(=O)OCCCCOc1ccc(C(=O)O[C@@H]2CO[C@H]3[C@@H]2OC[C@H]3OC(=O)c2ccc(OCCCCOC(=O)C=C)cc2)cc1. The van der Waals surface area contributed by atoms with Gasteiger partial charge in [0.15, 0.2) is 12.2 Å². The van der Waals surface area contributed by atoms with Crippen molar-refractivity contribution in [2.45, 2.75) is 50.1 Å². The van der Waals surface area contributed by atoms with Crippen LogP contribution >= 0.6 is 0 Å². The first-order chi connectivity index (χ1) is 22.4. The average Bonchev–Trinajstić information content (AvgIpc) is 3.67. The van der Waals surface area contributed by atoms with Crippen LogP contribution in [0.4, 0.5) is 0 Å². The highest BCUT2D eigenvalue weighted by atomic mass is 16.7. The van der Waals surface area contributed by atoms with Crippen molar-refractivity contribution in [3.63, 3.8) is 0 Å². The second kappa shape index (κ2) is 17.7. The van der Waals surface area contributed by atoms with Crippen molar-refractivity contribution in [1.82, 2.24) is 0 Å². The van der Waals surface area contributed by atoms with Gasteiger partial charge < -0.3 is 37.9 Å². The molecule has 2 aliphatic heterocycles. The van der Waals surface area contributed by atoms with E-state index in [-0.39, 0.29) is 13.2 Å². The van der Waals surface area contributed by atoms with E-state index < -0.39 is 48.3 Å². The lowest BCUT2D eigenvalue weighted by atomic mass is 10.1. The molecule has 0 aromatic heterocycles. The lowest BCUT2D eigenvalue weighted by Gasteiger charge is -2.17. The summed E-state index contributed by atoms with van der Waals surface area (Å²) in [7, 11) is 0. The molecule has 4 rings (SSSR count). The number of carbonyl (C=O) groups is 4. The molecule has 0 aliphatic carbocycles. The summed E-state index contributed by atoms with van der Waals surface area (Å²) >= 11 is 0. The average molecular weight is 639 g/mol. The van der Waals surface area contributed by atoms with Gasteiger partial charge in [0.05, 0.1) is 50.8 Å². The zero-order valence-corrected chi connectivity index (χ0v) is 25.5. The molecule has 0 N–H and O–H groups in total. The van der Waals surface area contributed by atoms with Crippen LogP contribution in [-0.4, -0.2) is 87.9 Å². The quantitative estimate of drug-likeness (QED) is 0.101. The number of unbranched alkanes of at least 4 members (excludes halogenated alkanes) is 2. The van der Waals surface area contributed by atoms with Gasteiger partial charge in [-0.25, -0.2) is 19.2 Å². The standard InChI is InChI=1S/C34H38O12/c1-3-29(35)41-19-7-5-17-39-25-13-9-23(10-14-25)33(37)45-27-21-43-32-28(22-44-31(27)32)46-34(38)24-11-15-26(16-12-24)40-18-6-8-20-42-30(36)4-2/h3-4,9-16,27-28,31-32H,1-2,5-8,17-22H2/t27-,28-,31-,32-/m1/s1. The molecule has 0 unspecified atom stereocenters. The Morgan fingerprint density at radius 2 is 0.978 bits per heavy atom. The molecule has 246 valence electrons. The van der Waals surface area contributed by atoms with Gasteiger partial charge in [0.2, 0.25) is 0 Å². The van der Waals surface area contributed by atoms with E-state index in [0.717, 1.165) is 12.2 Å². The number of fused-ring (bicyclic) bond motifs is 1. The number of esters is 4. The molecule has 0 spiro atoms. The molecule has 2 aromatic rings. The Kier molecular flexibility index (Phi) is 13.2. The maximum atomic E-state index is 12.8. The van der Waals surface area contributed by atoms with Crippen LogP contribution in [0.15, 0.2) is 73.8 Å². The van der Waals surface area contributed by atoms with Gasteiger partial charge in [-0.05, 0) is 74.2 Å². The minimum atomic E-state index is -0.655. The second-order valence-electron chi connectivity index (χ2n) is 10.4. The molecule has 2 saturated heterocycles. The fraction of sp³-hybridized carbons (Fsp3) is 0.412. The van der Waals surface area contributed by atoms with Crippen molar-refractivity contribution in [2.24, 2.45) is 0 Å². The van der Waals surface area contributed by atoms with Crippen LogP contribution < -0.4 is 9.47 Å². The molecular weight excluding hydrogens is 600 g/mol. The summed E-state index contributed by atoms with van der Waals surface area (Å²) in [5.74, 6) is -0.787. The zero-order valence-electron chi connectivity index (χ0n) is 25.5. The third-order valence-corrected chi connectivity index (χ3v) is 7.10. The molecule has 2 aromatic carbocycles. The number of ether oxygens (including phenoxy) is 8. The Morgan fingerprint density at radius 3 is 1.35 bits per heavy atom. The highest BCUT2D eigenvalue weighted by Gasteiger charge is 2.51. The van der Waals surface area contributed by atoms with E-state index in [2.05, 4.69) is 13.2 Å². The van der Waals surface area contributed by atoms with Gasteiger partial charge in [-0.15, -0.1) is 0 Å². The van der Waals surface area contributed by atoms with Crippen LogP contribution in [0.2, 0.25) is 0 Å². The van der Waals surface area contributed by atoms with Gasteiger partial charge in [0, 0.05) is 12.2 Å². The number of rotatable bonds is 18. The summed E-state index contributed by atoms with van der Waals surface area (Å²) < 4.78 is 44.1. The van der Waals surface area contributed by atoms with Gasteiger partial charge in [0.25, 0.3) is 0 Å². The Hall–Kier alpha value is -4.68. The summed E-state index contributed by atoms with van der Waals surface area (Å²) in [4.78, 5) is 47.6. The van der Waals surface area contributed by atoms with Gasteiger partial charge in [-0.2, -0.15) is 0 Å². The molecule has 2 heterocycles. The monoisotopic (exact) mass is 638 g/mol. The van der Waals surface area contributed by atoms with Crippen molar-refractivity contribution < 1.29 is 57.1 Å². The maximum absolute atomic E-state index is 12.8. The molecule has 0 amide bonds. The maximum Gasteiger partial charge on any atom is 0.338 e. The Morgan fingerprint density at radius 1 is 0.609 bits per heavy atom. The third kappa shape index (κ3) is 10.2. The Balaban J connectivity index is 1.15. The summed E-state index contributed by atoms with van der Waals surface area (Å²) in [6, 6.07) is 13.1. The van der Waals surface area contributed by atoms with Crippen molar-refractivity contribution in [3.05, 3.63) is 85.0 Å². The van der Waals surface area contributed by atoms with E-state index in [4.69, 9.17) is 37.9 Å². The van der Waals surface area contributed by atoms with E-state index in [1.807, 2.05) is 0 Å². The first-order valence-corrected chi connectivity index (χ1v) is 15.1. The minimum absolute atomic E-state index is 0.112. The lowest BCUT2D eigenvalue weighted by molar-refractivity contribution is -0.138. The van der Waals surface area contributed by atoms with Gasteiger partial charge in [-0.1, -0.05) is 13.2 Å². The van der Waals surface area contributed by atoms with E-state index >= 15 is 0 Å². The minimum Gasteiger partial charge on any atom is -0.494 e. The Bertz CT molecular complexity index is 1230. The van der Waals surface area contributed by atoms with Crippen LogP contribution in [0, 0.1) is 0 Å². The molecule has 46 heavy (non-hydrogen) atoms. The first-order valence-electron chi connectivity index (χ1n) is 15.1. The Labute approximate surface area is 267 Å². The topological polar surface area (TPSA) is 142 Å². The van der Waals surface area contributed by atoms with Gasteiger partial charge in [0.1, 0.15) is 23.7 Å². The van der Waals surface area contributed by atoms with Crippen molar-refractivity contribution in [2.75, 3.05) is 39.6 Å². The molecule has 12 heteroatoms. The fourth-order valence-electron chi connectivity index (χ4n) is 4.67. The molecule has 2 fully saturated rings. The largest absolute Gasteiger partial charge is 0.494 e. The zero-order chi connectivity index (χ0) is 32.7. The second-order valence-corrected chi connectivity index (χ2v) is 10.4. The number of hydrogen-bond donors (Lipinski definition) is 0. The van der Waals surface area contributed by atoms with Crippen molar-refractivity contribution in [1.29, 1.82) is 0 Å². The summed E-state index contributed by atoms with van der Waals surface area (Å²) in [5.41, 5.74) is 0.684. The predicted octanol–water partition coefficient (Wildman–Crippen LogP) is 4.01. The highest BCUT2D eigenvalue weighted by Crippen LogP contribution is 2.31. The molecule has 0 radical (unpaired) electrons. The molecule has 4 atom stereocenters. The normalized spacial score (nSPS) is 19.7. The molecular formula is C34H38O12. The molecule has 0 saturated carbocycles. The smallest absolute Gasteiger partial charge is 0.338 e. The summed E-state index contributed by atoms with van der Waals surface area (Å²) in [6.07, 6.45) is 2.50. The van der Waals surface area contributed by atoms with Crippen LogP contribution in [0.1, 0.15) is 46.4 Å². The van der Waals surface area contributed by atoms with Crippen molar-refractivity contribution in [3.8, 4) is 11.5 Å². The highest BCUT2D eigenvalue weighted by molar-refractivity contribution is 5.90. The number of benzene rings is 2. The van der Waals surface area contributed by atoms with Crippen LogP contribution in [-0.2, 0) is 38.0 Å². The molecule has 0 bridgehead atoms. The predicted molar refractivity (Wildman–Crippen MR) is 163 cm³/mol. The van der Waals surface area contributed by atoms with Crippen LogP contribution in [0.3, 0.4) is 0 Å². The third-order valence-electron chi connectivity index (χ3n) is 7.10. The van der Waals surface area contributed by atoms with Crippen molar-refractivity contribution >= 4 is 23.9 Å². The lowest BCUT2D eigenvalue weighted by Crippen LogP contribution is -2.36. The van der Waals surface area contributed by atoms with Gasteiger partial charge >= 0.3 is 23.9 Å². The first kappa shape index (κ1) is 34.2. The summed E-state index contributed by atoms with van der Waals surface area (Å²) in [6.45, 7) is 8.36. The molecule has 2 aliphatic rings. The van der Waals surface area contributed by atoms with Crippen LogP contribution in [0.5, 0.6) is 11.5 Å². The van der Waals surface area contributed by atoms with E-state index in [1.54, 1.807) is 48.5 Å². The van der Waals surface area contributed by atoms with Crippen LogP contribution in [0.25, 0.3) is 0 Å². The van der Waals surface area contributed by atoms with E-state index in [1.165, 1.54) is 0 Å². The fourth-order valence-corrected chi connectivity index (χ4v) is 4.67. The summed E-state index contributed by atoms with van der Waals surface area (Å²) in [5, 5.41) is 0. The number of hydrogen-bond acceptors (Lipinski definition) is 12. The van der Waals surface area contributed by atoms with E-state index in [9.17, 15) is 19.2 Å². The number of carbonyl (C=O) groups excluding carboxylic acids is 4.